The van der Waals surface area contributed by atoms with Crippen LogP contribution in [0.25, 0.3) is 11.1 Å². The number of unbranched alkanes of at least 4 members (excludes halogenated alkanes) is 3. The van der Waals surface area contributed by atoms with E-state index < -0.39 is 5.97 Å². The van der Waals surface area contributed by atoms with Crippen LogP contribution in [0.3, 0.4) is 0 Å². The summed E-state index contributed by atoms with van der Waals surface area (Å²) < 4.78 is 2.14. The lowest BCUT2D eigenvalue weighted by Crippen LogP contribution is -2.08. The maximum absolute atomic E-state index is 11.6. The molecule has 1 N–H and O–H groups in total. The number of carbonyl (C=O) groups is 1. The molecule has 1 aliphatic rings. The molecule has 35 heavy (non-hydrogen) atoms. The maximum atomic E-state index is 11.6. The smallest absolute Gasteiger partial charge is 0.336 e. The van der Waals surface area contributed by atoms with Gasteiger partial charge in [-0.1, -0.05) is 101 Å². The molecule has 5 heteroatoms. The van der Waals surface area contributed by atoms with E-state index in [9.17, 15) is 9.90 Å². The number of hydrogen-bond acceptors (Lipinski definition) is 3. The van der Waals surface area contributed by atoms with Crippen LogP contribution in [-0.2, 0) is 19.4 Å². The second kappa shape index (κ2) is 12.7. The zero-order valence-corrected chi connectivity index (χ0v) is 21.1. The number of carboxylic acids is 1. The molecular formula is C30H39N3O2. The molecular weight excluding hydrogens is 434 g/mol. The Morgan fingerprint density at radius 3 is 2.51 bits per heavy atom. The highest BCUT2D eigenvalue weighted by atomic mass is 16.4. The second-order valence-electron chi connectivity index (χ2n) is 10.00. The normalized spacial score (nSPS) is 14.3. The van der Waals surface area contributed by atoms with E-state index in [1.165, 1.54) is 63.4 Å². The summed E-state index contributed by atoms with van der Waals surface area (Å²) in [5.74, 6) is 1.97. The first-order valence-electron chi connectivity index (χ1n) is 13.5. The van der Waals surface area contributed by atoms with Gasteiger partial charge >= 0.3 is 5.97 Å². The van der Waals surface area contributed by atoms with Gasteiger partial charge in [0.25, 0.3) is 0 Å². The summed E-state index contributed by atoms with van der Waals surface area (Å²) in [5, 5.41) is 14.4. The third-order valence-corrected chi connectivity index (χ3v) is 7.30. The molecule has 0 unspecified atom stereocenters. The van der Waals surface area contributed by atoms with Crippen LogP contribution in [0.1, 0.15) is 98.7 Å². The summed E-state index contributed by atoms with van der Waals surface area (Å²) in [6.45, 7) is 3.17. The van der Waals surface area contributed by atoms with Crippen molar-refractivity contribution in [2.24, 2.45) is 5.92 Å². The average molecular weight is 474 g/mol. The number of carboxylic acid groups (broad SMARTS) is 1. The van der Waals surface area contributed by atoms with E-state index in [1.54, 1.807) is 12.1 Å². The largest absolute Gasteiger partial charge is 0.478 e. The lowest BCUT2D eigenvalue weighted by atomic mass is 9.86. The van der Waals surface area contributed by atoms with E-state index in [0.717, 1.165) is 54.5 Å². The Balaban J connectivity index is 1.47. The molecule has 0 aliphatic heterocycles. The lowest BCUT2D eigenvalue weighted by molar-refractivity contribution is 0.0697. The number of aromatic carboxylic acids is 1. The average Bonchev–Trinajstić information content (AvgIpc) is 3.27. The minimum absolute atomic E-state index is 0.328. The zero-order chi connectivity index (χ0) is 24.5. The van der Waals surface area contributed by atoms with Gasteiger partial charge in [0.15, 0.2) is 5.82 Å². The van der Waals surface area contributed by atoms with Gasteiger partial charge in [0.1, 0.15) is 5.82 Å². The standard InChI is InChI=1S/C30H39N3O2/c1-2-3-4-10-21-33-29(31-28(32-33)20-17-23-11-6-5-7-12-23)22-24-15-18-25(19-16-24)26-13-8-9-14-27(26)30(34)35/h8-9,13-16,18-19,23H,2-7,10-12,17,20-22H2,1H3,(H,34,35). The molecule has 1 fully saturated rings. The molecule has 0 spiro atoms. The summed E-state index contributed by atoms with van der Waals surface area (Å²) in [7, 11) is 0. The van der Waals surface area contributed by atoms with Gasteiger partial charge in [0, 0.05) is 19.4 Å². The van der Waals surface area contributed by atoms with Crippen LogP contribution in [0.4, 0.5) is 0 Å². The summed E-state index contributed by atoms with van der Waals surface area (Å²) in [4.78, 5) is 16.6. The van der Waals surface area contributed by atoms with Crippen molar-refractivity contribution in [1.82, 2.24) is 14.8 Å². The van der Waals surface area contributed by atoms with E-state index in [0.29, 0.717) is 5.56 Å². The van der Waals surface area contributed by atoms with E-state index in [1.807, 2.05) is 24.3 Å². The van der Waals surface area contributed by atoms with Crippen LogP contribution in [-0.4, -0.2) is 25.8 Å². The van der Waals surface area contributed by atoms with E-state index in [2.05, 4.69) is 23.7 Å². The summed E-state index contributed by atoms with van der Waals surface area (Å²) in [6, 6.07) is 15.4. The van der Waals surface area contributed by atoms with Crippen molar-refractivity contribution in [1.29, 1.82) is 0 Å². The predicted molar refractivity (Wildman–Crippen MR) is 141 cm³/mol. The molecule has 1 aliphatic carbocycles. The Bertz CT molecular complexity index is 1080. The first kappa shape index (κ1) is 25.2. The van der Waals surface area contributed by atoms with Crippen LogP contribution < -0.4 is 0 Å². The monoisotopic (exact) mass is 473 g/mol. The molecule has 2 aromatic carbocycles. The number of nitrogens with zero attached hydrogens (tertiary/aromatic N) is 3. The van der Waals surface area contributed by atoms with Gasteiger partial charge in [-0.15, -0.1) is 0 Å². The molecule has 0 amide bonds. The molecule has 0 bridgehead atoms. The molecule has 0 atom stereocenters. The van der Waals surface area contributed by atoms with Crippen LogP contribution >= 0.6 is 0 Å². The van der Waals surface area contributed by atoms with Crippen molar-refractivity contribution in [3.8, 4) is 11.1 Å². The van der Waals surface area contributed by atoms with Crippen molar-refractivity contribution in [3.05, 3.63) is 71.3 Å². The molecule has 1 aromatic heterocycles. The Morgan fingerprint density at radius 1 is 1.00 bits per heavy atom. The molecule has 186 valence electrons. The molecule has 1 heterocycles. The van der Waals surface area contributed by atoms with Crippen molar-refractivity contribution in [2.75, 3.05) is 0 Å². The highest BCUT2D eigenvalue weighted by molar-refractivity contribution is 5.95. The van der Waals surface area contributed by atoms with Crippen molar-refractivity contribution in [3.63, 3.8) is 0 Å². The van der Waals surface area contributed by atoms with Crippen molar-refractivity contribution >= 4 is 5.97 Å². The predicted octanol–water partition coefficient (Wildman–Crippen LogP) is 7.33. The Kier molecular flexibility index (Phi) is 9.10. The Hall–Kier alpha value is -2.95. The van der Waals surface area contributed by atoms with E-state index in [4.69, 9.17) is 10.1 Å². The second-order valence-corrected chi connectivity index (χ2v) is 10.00. The maximum Gasteiger partial charge on any atom is 0.336 e. The topological polar surface area (TPSA) is 68.0 Å². The molecule has 1 saturated carbocycles. The van der Waals surface area contributed by atoms with Crippen LogP contribution in [0.15, 0.2) is 48.5 Å². The third kappa shape index (κ3) is 7.03. The Labute approximate surface area is 209 Å². The third-order valence-electron chi connectivity index (χ3n) is 7.30. The fraction of sp³-hybridized carbons (Fsp3) is 0.500. The highest BCUT2D eigenvalue weighted by Crippen LogP contribution is 2.28. The zero-order valence-electron chi connectivity index (χ0n) is 21.1. The van der Waals surface area contributed by atoms with E-state index >= 15 is 0 Å². The first-order valence-corrected chi connectivity index (χ1v) is 13.5. The number of aromatic nitrogens is 3. The first-order chi connectivity index (χ1) is 17.1. The van der Waals surface area contributed by atoms with Gasteiger partial charge in [-0.25, -0.2) is 14.5 Å². The van der Waals surface area contributed by atoms with E-state index in [-0.39, 0.29) is 0 Å². The molecule has 0 saturated heterocycles. The van der Waals surface area contributed by atoms with Crippen molar-refractivity contribution < 1.29 is 9.90 Å². The highest BCUT2D eigenvalue weighted by Gasteiger charge is 2.17. The summed E-state index contributed by atoms with van der Waals surface area (Å²) in [5.41, 5.74) is 3.16. The summed E-state index contributed by atoms with van der Waals surface area (Å²) >= 11 is 0. The Morgan fingerprint density at radius 2 is 1.77 bits per heavy atom. The van der Waals surface area contributed by atoms with Crippen molar-refractivity contribution in [2.45, 2.75) is 90.5 Å². The van der Waals surface area contributed by atoms with Crippen LogP contribution in [0.5, 0.6) is 0 Å². The molecule has 4 rings (SSSR count). The van der Waals surface area contributed by atoms with Crippen LogP contribution in [0, 0.1) is 5.92 Å². The quantitative estimate of drug-likeness (QED) is 0.280. The van der Waals surface area contributed by atoms with Gasteiger partial charge in [0.05, 0.1) is 5.56 Å². The summed E-state index contributed by atoms with van der Waals surface area (Å²) in [6.07, 6.45) is 14.7. The van der Waals surface area contributed by atoms with Crippen LogP contribution in [0.2, 0.25) is 0 Å². The fourth-order valence-corrected chi connectivity index (χ4v) is 5.25. The van der Waals surface area contributed by atoms with Gasteiger partial charge in [0.2, 0.25) is 0 Å². The number of benzene rings is 2. The minimum Gasteiger partial charge on any atom is -0.478 e. The SMILES string of the molecule is CCCCCCn1nc(CCC2CCCCC2)nc1Cc1ccc(-c2ccccc2C(=O)O)cc1. The van der Waals surface area contributed by atoms with Gasteiger partial charge < -0.3 is 5.11 Å². The number of aryl methyl sites for hydroxylation is 2. The number of rotatable bonds is 12. The molecule has 3 aromatic rings. The minimum atomic E-state index is -0.901. The number of hydrogen-bond donors (Lipinski definition) is 1. The van der Waals surface area contributed by atoms with Gasteiger partial charge in [-0.05, 0) is 41.5 Å². The fourth-order valence-electron chi connectivity index (χ4n) is 5.25. The van der Waals surface area contributed by atoms with Gasteiger partial charge in [-0.2, -0.15) is 5.10 Å². The van der Waals surface area contributed by atoms with Gasteiger partial charge in [-0.3, -0.25) is 0 Å². The molecule has 5 nitrogen and oxygen atoms in total. The lowest BCUT2D eigenvalue weighted by Gasteiger charge is -2.20. The molecule has 0 radical (unpaired) electrons.